The minimum Gasteiger partial charge on any atom is -0.366 e. The van der Waals surface area contributed by atoms with Gasteiger partial charge in [-0.2, -0.15) is 18.3 Å². The Labute approximate surface area is 186 Å². The Morgan fingerprint density at radius 1 is 1.12 bits per heavy atom. The number of alkyl halides is 3. The van der Waals surface area contributed by atoms with E-state index in [9.17, 15) is 27.6 Å². The van der Waals surface area contributed by atoms with Gasteiger partial charge in [0.15, 0.2) is 5.78 Å². The number of nitrogens with one attached hydrogen (secondary N) is 1. The fourth-order valence-electron chi connectivity index (χ4n) is 3.30. The molecule has 0 radical (unpaired) electrons. The van der Waals surface area contributed by atoms with Crippen LogP contribution in [0.2, 0.25) is 5.02 Å². The molecule has 0 unspecified atom stereocenters. The first-order valence-corrected chi connectivity index (χ1v) is 10.1. The van der Waals surface area contributed by atoms with Crippen molar-refractivity contribution in [2.24, 2.45) is 0 Å². The molecule has 1 N–H and O–H groups in total. The van der Waals surface area contributed by atoms with E-state index < -0.39 is 18.3 Å². The van der Waals surface area contributed by atoms with E-state index in [1.165, 1.54) is 6.92 Å². The predicted molar refractivity (Wildman–Crippen MR) is 113 cm³/mol. The number of aromatic nitrogens is 2. The van der Waals surface area contributed by atoms with Crippen molar-refractivity contribution < 1.29 is 22.8 Å². The second kappa shape index (κ2) is 9.70. The van der Waals surface area contributed by atoms with Crippen LogP contribution in [0.5, 0.6) is 0 Å². The van der Waals surface area contributed by atoms with E-state index in [1.807, 2.05) is 4.90 Å². The highest BCUT2D eigenvalue weighted by atomic mass is 35.5. The zero-order valence-corrected chi connectivity index (χ0v) is 17.9. The minimum atomic E-state index is -4.58. The number of hydrogen-bond donors (Lipinski definition) is 1. The molecule has 8 nitrogen and oxygen atoms in total. The van der Waals surface area contributed by atoms with Crippen LogP contribution in [0, 0.1) is 0 Å². The molecule has 12 heteroatoms. The highest BCUT2D eigenvalue weighted by molar-refractivity contribution is 6.33. The lowest BCUT2D eigenvalue weighted by Gasteiger charge is -2.35. The van der Waals surface area contributed by atoms with E-state index in [0.717, 1.165) is 6.20 Å². The van der Waals surface area contributed by atoms with Crippen molar-refractivity contribution in [3.05, 3.63) is 51.4 Å². The van der Waals surface area contributed by atoms with Crippen LogP contribution in [0.4, 0.5) is 24.5 Å². The normalized spacial score (nSPS) is 15.0. The quantitative estimate of drug-likeness (QED) is 0.651. The standard InChI is InChI=1S/C20H21ClF3N5O3/c1-13(30)14-2-4-15(5-3-14)26-17(31)11-27-6-8-28(9-7-27)16-10-25-29(12-20(22,23)24)19(32)18(16)21/h2-5,10H,6-9,11-12H2,1H3,(H,26,31). The van der Waals surface area contributed by atoms with Crippen LogP contribution in [-0.2, 0) is 11.3 Å². The Kier molecular flexibility index (Phi) is 7.19. The molecule has 1 aliphatic heterocycles. The molecule has 1 saturated heterocycles. The van der Waals surface area contributed by atoms with Crippen LogP contribution in [0.1, 0.15) is 17.3 Å². The number of anilines is 2. The molecular formula is C20H21ClF3N5O3. The Morgan fingerprint density at radius 3 is 2.31 bits per heavy atom. The number of benzene rings is 1. The van der Waals surface area contributed by atoms with Gasteiger partial charge in [-0.3, -0.25) is 19.3 Å². The van der Waals surface area contributed by atoms with Crippen molar-refractivity contribution >= 4 is 34.7 Å². The summed E-state index contributed by atoms with van der Waals surface area (Å²) >= 11 is 6.02. The fourth-order valence-corrected chi connectivity index (χ4v) is 3.56. The summed E-state index contributed by atoms with van der Waals surface area (Å²) in [5.41, 5.74) is 0.401. The van der Waals surface area contributed by atoms with Gasteiger partial charge >= 0.3 is 6.18 Å². The van der Waals surface area contributed by atoms with Crippen molar-refractivity contribution in [1.82, 2.24) is 14.7 Å². The summed E-state index contributed by atoms with van der Waals surface area (Å²) in [5, 5.41) is 6.04. The second-order valence-electron chi connectivity index (χ2n) is 7.37. The van der Waals surface area contributed by atoms with Gasteiger partial charge in [0.25, 0.3) is 5.56 Å². The molecule has 1 fully saturated rings. The highest BCUT2D eigenvalue weighted by Gasteiger charge is 2.30. The van der Waals surface area contributed by atoms with E-state index in [-0.39, 0.29) is 33.6 Å². The highest BCUT2D eigenvalue weighted by Crippen LogP contribution is 2.23. The third-order valence-electron chi connectivity index (χ3n) is 4.95. The molecule has 0 atom stereocenters. The van der Waals surface area contributed by atoms with Crippen molar-refractivity contribution in [2.75, 3.05) is 42.9 Å². The number of carbonyl (C=O) groups is 2. The maximum Gasteiger partial charge on any atom is 0.408 e. The maximum absolute atomic E-state index is 12.5. The SMILES string of the molecule is CC(=O)c1ccc(NC(=O)CN2CCN(c3cnn(CC(F)(F)F)c(=O)c3Cl)CC2)cc1. The number of nitrogens with zero attached hydrogens (tertiary/aromatic N) is 4. The number of hydrogen-bond acceptors (Lipinski definition) is 6. The molecule has 1 aromatic heterocycles. The summed E-state index contributed by atoms with van der Waals surface area (Å²) in [6.07, 6.45) is -3.42. The monoisotopic (exact) mass is 471 g/mol. The molecule has 0 bridgehead atoms. The van der Waals surface area contributed by atoms with Gasteiger partial charge in [-0.05, 0) is 31.2 Å². The van der Waals surface area contributed by atoms with Gasteiger partial charge in [0.1, 0.15) is 11.6 Å². The summed E-state index contributed by atoms with van der Waals surface area (Å²) in [4.78, 5) is 39.4. The number of ketones is 1. The molecule has 1 amide bonds. The second-order valence-corrected chi connectivity index (χ2v) is 7.74. The minimum absolute atomic E-state index is 0.0614. The summed E-state index contributed by atoms with van der Waals surface area (Å²) in [5.74, 6) is -0.280. The van der Waals surface area contributed by atoms with Gasteiger partial charge in [0.2, 0.25) is 5.91 Å². The number of amides is 1. The van der Waals surface area contributed by atoms with E-state index in [2.05, 4.69) is 10.4 Å². The number of halogens is 4. The molecule has 2 aromatic rings. The first-order valence-electron chi connectivity index (χ1n) is 9.74. The van der Waals surface area contributed by atoms with Crippen LogP contribution in [0.15, 0.2) is 35.3 Å². The van der Waals surface area contributed by atoms with Crippen molar-refractivity contribution in [3.63, 3.8) is 0 Å². The predicted octanol–water partition coefficient (Wildman–Crippen LogP) is 2.42. The number of carbonyl (C=O) groups excluding carboxylic acids is 2. The average Bonchev–Trinajstić information content (AvgIpc) is 2.72. The molecule has 2 heterocycles. The average molecular weight is 472 g/mol. The summed E-state index contributed by atoms with van der Waals surface area (Å²) in [7, 11) is 0. The zero-order valence-electron chi connectivity index (χ0n) is 17.2. The van der Waals surface area contributed by atoms with Crippen molar-refractivity contribution in [2.45, 2.75) is 19.6 Å². The first kappa shape index (κ1) is 23.7. The molecule has 1 aliphatic rings. The Hall–Kier alpha value is -2.92. The molecule has 32 heavy (non-hydrogen) atoms. The number of piperazine rings is 1. The van der Waals surface area contributed by atoms with Gasteiger partial charge < -0.3 is 10.2 Å². The summed E-state index contributed by atoms with van der Waals surface area (Å²) in [6.45, 7) is 1.91. The van der Waals surface area contributed by atoms with Crippen LogP contribution >= 0.6 is 11.6 Å². The molecular weight excluding hydrogens is 451 g/mol. The third kappa shape index (κ3) is 6.07. The van der Waals surface area contributed by atoms with E-state index in [4.69, 9.17) is 11.6 Å². The lowest BCUT2D eigenvalue weighted by Crippen LogP contribution is -2.49. The van der Waals surface area contributed by atoms with Crippen LogP contribution in [0.3, 0.4) is 0 Å². The summed E-state index contributed by atoms with van der Waals surface area (Å²) in [6, 6.07) is 6.58. The van der Waals surface area contributed by atoms with Crippen LogP contribution in [0.25, 0.3) is 0 Å². The lowest BCUT2D eigenvalue weighted by atomic mass is 10.1. The van der Waals surface area contributed by atoms with Crippen LogP contribution in [-0.4, -0.2) is 65.3 Å². The maximum atomic E-state index is 12.5. The van der Waals surface area contributed by atoms with Crippen molar-refractivity contribution in [3.8, 4) is 0 Å². The Morgan fingerprint density at radius 2 is 1.75 bits per heavy atom. The fraction of sp³-hybridized carbons (Fsp3) is 0.400. The Bertz CT molecular complexity index is 1050. The number of rotatable bonds is 6. The lowest BCUT2D eigenvalue weighted by molar-refractivity contribution is -0.143. The van der Waals surface area contributed by atoms with Gasteiger partial charge in [-0.1, -0.05) is 11.6 Å². The zero-order chi connectivity index (χ0) is 23.5. The molecule has 3 rings (SSSR count). The van der Waals surface area contributed by atoms with E-state index in [1.54, 1.807) is 29.2 Å². The number of Topliss-reactive ketones (excluding diaryl/α,β-unsaturated/α-hetero) is 1. The topological polar surface area (TPSA) is 87.5 Å². The van der Waals surface area contributed by atoms with Gasteiger partial charge in [-0.25, -0.2) is 4.68 Å². The molecule has 172 valence electrons. The third-order valence-corrected chi connectivity index (χ3v) is 5.31. The van der Waals surface area contributed by atoms with Gasteiger partial charge in [0, 0.05) is 37.4 Å². The van der Waals surface area contributed by atoms with Crippen LogP contribution < -0.4 is 15.8 Å². The van der Waals surface area contributed by atoms with Crippen molar-refractivity contribution in [1.29, 1.82) is 0 Å². The van der Waals surface area contributed by atoms with Gasteiger partial charge in [0.05, 0.1) is 18.4 Å². The van der Waals surface area contributed by atoms with E-state index in [0.29, 0.717) is 37.4 Å². The molecule has 1 aromatic carbocycles. The van der Waals surface area contributed by atoms with E-state index >= 15 is 0 Å². The smallest absolute Gasteiger partial charge is 0.366 e. The molecule has 0 aliphatic carbocycles. The first-order chi connectivity index (χ1) is 15.0. The van der Waals surface area contributed by atoms with Gasteiger partial charge in [-0.15, -0.1) is 0 Å². The Balaban J connectivity index is 1.54. The molecule has 0 saturated carbocycles. The summed E-state index contributed by atoms with van der Waals surface area (Å²) < 4.78 is 37.9. The largest absolute Gasteiger partial charge is 0.408 e. The molecule has 0 spiro atoms.